The van der Waals surface area contributed by atoms with E-state index in [1.807, 2.05) is 0 Å². The van der Waals surface area contributed by atoms with E-state index in [9.17, 15) is 18.5 Å². The van der Waals surface area contributed by atoms with Crippen molar-refractivity contribution >= 4 is 21.4 Å². The summed E-state index contributed by atoms with van der Waals surface area (Å²) in [6.45, 7) is 2.77. The molecule has 1 aromatic carbocycles. The van der Waals surface area contributed by atoms with Crippen LogP contribution >= 0.6 is 0 Å². The number of nitro groups is 1. The molecule has 1 heterocycles. The van der Waals surface area contributed by atoms with E-state index in [1.165, 1.54) is 16.4 Å². The van der Waals surface area contributed by atoms with Crippen LogP contribution in [0.4, 0.5) is 11.4 Å². The molecular weight excluding hydrogens is 298 g/mol. The van der Waals surface area contributed by atoms with Crippen LogP contribution in [0.15, 0.2) is 23.1 Å². The third-order valence-corrected chi connectivity index (χ3v) is 5.16. The average Bonchev–Trinajstić information content (AvgIpc) is 2.64. The van der Waals surface area contributed by atoms with Crippen LogP contribution in [-0.4, -0.2) is 43.4 Å². The first kappa shape index (κ1) is 15.7. The van der Waals surface area contributed by atoms with Gasteiger partial charge in [0.1, 0.15) is 4.90 Å². The molecule has 1 saturated heterocycles. The van der Waals surface area contributed by atoms with Crippen LogP contribution in [0, 0.1) is 10.1 Å². The summed E-state index contributed by atoms with van der Waals surface area (Å²) in [5, 5.41) is 10.8. The van der Waals surface area contributed by atoms with E-state index < -0.39 is 14.9 Å². The summed E-state index contributed by atoms with van der Waals surface area (Å²) in [6.07, 6.45) is 0.334. The minimum atomic E-state index is -3.88. The van der Waals surface area contributed by atoms with Gasteiger partial charge in [-0.15, -0.1) is 0 Å². The zero-order chi connectivity index (χ0) is 15.6. The molecule has 8 nitrogen and oxygen atoms in total. The zero-order valence-electron chi connectivity index (χ0n) is 11.6. The summed E-state index contributed by atoms with van der Waals surface area (Å²) >= 11 is 0. The lowest BCUT2D eigenvalue weighted by molar-refractivity contribution is -0.385. The van der Waals surface area contributed by atoms with E-state index in [0.717, 1.165) is 6.07 Å². The third-order valence-electron chi connectivity index (χ3n) is 3.24. The molecule has 0 aromatic heterocycles. The number of rotatable bonds is 3. The van der Waals surface area contributed by atoms with Gasteiger partial charge in [0.2, 0.25) is 10.0 Å². The monoisotopic (exact) mass is 315 g/mol. The molecular formula is C12H17N3O5S. The van der Waals surface area contributed by atoms with E-state index in [4.69, 9.17) is 10.5 Å². The number of non-ortho nitro benzene ring substituents is 1. The predicted octanol–water partition coefficient (Wildman–Crippen LogP) is 0.977. The summed E-state index contributed by atoms with van der Waals surface area (Å²) in [5.41, 5.74) is 5.39. The molecule has 1 fully saturated rings. The maximum absolute atomic E-state index is 12.6. The number of nitrogens with two attached hydrogens (primary N) is 1. The Hall–Kier alpha value is -1.71. The van der Waals surface area contributed by atoms with Crippen molar-refractivity contribution in [2.45, 2.75) is 24.3 Å². The number of sulfonamides is 1. The van der Waals surface area contributed by atoms with Gasteiger partial charge in [0.15, 0.2) is 0 Å². The molecule has 2 N–H and O–H groups in total. The lowest BCUT2D eigenvalue weighted by Gasteiger charge is -2.22. The highest BCUT2D eigenvalue weighted by Gasteiger charge is 2.30. The van der Waals surface area contributed by atoms with Gasteiger partial charge in [0.25, 0.3) is 5.69 Å². The Bertz CT molecular complexity index is 646. The van der Waals surface area contributed by atoms with Gasteiger partial charge in [-0.05, 0) is 19.4 Å². The van der Waals surface area contributed by atoms with E-state index in [1.54, 1.807) is 6.92 Å². The highest BCUT2D eigenvalue weighted by molar-refractivity contribution is 7.89. The quantitative estimate of drug-likeness (QED) is 0.505. The molecule has 0 spiro atoms. The van der Waals surface area contributed by atoms with Gasteiger partial charge in [-0.25, -0.2) is 8.42 Å². The SMILES string of the molecule is CC1CN(S(=O)(=O)c2cc([N+](=O)[O-])ccc2N)CCCO1. The first-order valence-corrected chi connectivity index (χ1v) is 7.92. The Morgan fingerprint density at radius 2 is 2.19 bits per heavy atom. The molecule has 1 unspecified atom stereocenters. The van der Waals surface area contributed by atoms with Crippen molar-refractivity contribution in [1.29, 1.82) is 0 Å². The molecule has 9 heteroatoms. The minimum absolute atomic E-state index is 0.00146. The van der Waals surface area contributed by atoms with E-state index >= 15 is 0 Å². The van der Waals surface area contributed by atoms with Crippen molar-refractivity contribution in [3.63, 3.8) is 0 Å². The lowest BCUT2D eigenvalue weighted by Crippen LogP contribution is -2.36. The number of nitro benzene ring substituents is 1. The first-order valence-electron chi connectivity index (χ1n) is 6.48. The molecule has 0 saturated carbocycles. The maximum atomic E-state index is 12.6. The standard InChI is InChI=1S/C12H17N3O5S/c1-9-8-14(5-2-6-20-9)21(18,19)12-7-10(15(16)17)3-4-11(12)13/h3-4,7,9H,2,5-6,8,13H2,1H3. The Labute approximate surface area is 122 Å². The summed E-state index contributed by atoms with van der Waals surface area (Å²) in [4.78, 5) is 9.93. The van der Waals surface area contributed by atoms with Gasteiger partial charge >= 0.3 is 0 Å². The van der Waals surface area contributed by atoms with Crippen molar-refractivity contribution in [2.24, 2.45) is 0 Å². The minimum Gasteiger partial charge on any atom is -0.398 e. The third kappa shape index (κ3) is 3.31. The second kappa shape index (κ2) is 5.96. The molecule has 0 bridgehead atoms. The Balaban J connectivity index is 2.43. The second-order valence-corrected chi connectivity index (χ2v) is 6.78. The fourth-order valence-corrected chi connectivity index (χ4v) is 3.86. The van der Waals surface area contributed by atoms with E-state index in [2.05, 4.69) is 0 Å². The van der Waals surface area contributed by atoms with E-state index in [0.29, 0.717) is 19.6 Å². The van der Waals surface area contributed by atoms with Crippen molar-refractivity contribution in [3.8, 4) is 0 Å². The molecule has 2 rings (SSSR count). The zero-order valence-corrected chi connectivity index (χ0v) is 12.4. The molecule has 1 aliphatic heterocycles. The molecule has 0 radical (unpaired) electrons. The fraction of sp³-hybridized carbons (Fsp3) is 0.500. The number of benzene rings is 1. The van der Waals surface area contributed by atoms with Crippen LogP contribution < -0.4 is 5.73 Å². The molecule has 21 heavy (non-hydrogen) atoms. The van der Waals surface area contributed by atoms with Crippen LogP contribution in [-0.2, 0) is 14.8 Å². The van der Waals surface area contributed by atoms with Gasteiger partial charge in [-0.1, -0.05) is 0 Å². The topological polar surface area (TPSA) is 116 Å². The molecule has 0 aliphatic carbocycles. The Kier molecular flexibility index (Phi) is 4.45. The average molecular weight is 315 g/mol. The molecule has 116 valence electrons. The molecule has 1 aromatic rings. The molecule has 1 atom stereocenters. The van der Waals surface area contributed by atoms with Crippen LogP contribution in [0.3, 0.4) is 0 Å². The number of hydrogen-bond donors (Lipinski definition) is 1. The smallest absolute Gasteiger partial charge is 0.270 e. The van der Waals surface area contributed by atoms with Gasteiger partial charge in [-0.2, -0.15) is 4.31 Å². The van der Waals surface area contributed by atoms with Gasteiger partial charge in [0.05, 0.1) is 16.7 Å². The molecule has 1 aliphatic rings. The van der Waals surface area contributed by atoms with Crippen molar-refractivity contribution in [3.05, 3.63) is 28.3 Å². The maximum Gasteiger partial charge on any atom is 0.270 e. The van der Waals surface area contributed by atoms with E-state index in [-0.39, 0.29) is 28.9 Å². The van der Waals surface area contributed by atoms with Crippen LogP contribution in [0.5, 0.6) is 0 Å². The Morgan fingerprint density at radius 1 is 1.48 bits per heavy atom. The predicted molar refractivity (Wildman–Crippen MR) is 76.3 cm³/mol. The number of nitrogens with zero attached hydrogens (tertiary/aromatic N) is 2. The van der Waals surface area contributed by atoms with Crippen molar-refractivity contribution in [1.82, 2.24) is 4.31 Å². The van der Waals surface area contributed by atoms with Gasteiger partial charge < -0.3 is 10.5 Å². The summed E-state index contributed by atoms with van der Waals surface area (Å²) in [6, 6.07) is 3.42. The molecule has 0 amide bonds. The lowest BCUT2D eigenvalue weighted by atomic mass is 10.3. The first-order chi connectivity index (χ1) is 9.82. The number of nitrogen functional groups attached to an aromatic ring is 1. The second-order valence-electron chi connectivity index (χ2n) is 4.88. The number of anilines is 1. The highest BCUT2D eigenvalue weighted by atomic mass is 32.2. The van der Waals surface area contributed by atoms with Crippen molar-refractivity contribution < 1.29 is 18.1 Å². The normalized spacial score (nSPS) is 20.9. The largest absolute Gasteiger partial charge is 0.398 e. The van der Waals surface area contributed by atoms with Crippen LogP contribution in [0.2, 0.25) is 0 Å². The van der Waals surface area contributed by atoms with Crippen molar-refractivity contribution in [2.75, 3.05) is 25.4 Å². The van der Waals surface area contributed by atoms with Gasteiger partial charge in [-0.3, -0.25) is 10.1 Å². The van der Waals surface area contributed by atoms with Gasteiger partial charge in [0, 0.05) is 31.8 Å². The van der Waals surface area contributed by atoms with Crippen LogP contribution in [0.1, 0.15) is 13.3 Å². The Morgan fingerprint density at radius 3 is 2.86 bits per heavy atom. The fourth-order valence-electron chi connectivity index (χ4n) is 2.17. The summed E-state index contributed by atoms with van der Waals surface area (Å²) in [7, 11) is -3.88. The number of ether oxygens (including phenoxy) is 1. The van der Waals surface area contributed by atoms with Crippen LogP contribution in [0.25, 0.3) is 0 Å². The number of hydrogen-bond acceptors (Lipinski definition) is 6. The highest BCUT2D eigenvalue weighted by Crippen LogP contribution is 2.27. The summed E-state index contributed by atoms with van der Waals surface area (Å²) < 4.78 is 32.0. The summed E-state index contributed by atoms with van der Waals surface area (Å²) in [5.74, 6) is 0.